The average Bonchev–Trinajstić information content (AvgIpc) is 3.19. The highest BCUT2D eigenvalue weighted by Crippen LogP contribution is 2.44. The Labute approximate surface area is 163 Å². The van der Waals surface area contributed by atoms with Crippen molar-refractivity contribution in [2.24, 2.45) is 0 Å². The van der Waals surface area contributed by atoms with Crippen LogP contribution < -0.4 is 0 Å². The van der Waals surface area contributed by atoms with E-state index in [0.717, 1.165) is 11.1 Å². The second-order valence-corrected chi connectivity index (χ2v) is 8.98. The molecule has 2 bridgehead atoms. The highest BCUT2D eigenvalue weighted by Gasteiger charge is 2.54. The third kappa shape index (κ3) is 3.03. The fourth-order valence-electron chi connectivity index (χ4n) is 3.29. The summed E-state index contributed by atoms with van der Waals surface area (Å²) in [6.45, 7) is -0.310. The molecule has 2 aromatic rings. The van der Waals surface area contributed by atoms with E-state index >= 15 is 0 Å². The molecule has 1 aromatic heterocycles. The maximum Gasteiger partial charge on any atom is 0.418 e. The summed E-state index contributed by atoms with van der Waals surface area (Å²) < 4.78 is 61.5. The van der Waals surface area contributed by atoms with E-state index in [0.29, 0.717) is 4.09 Å². The van der Waals surface area contributed by atoms with Gasteiger partial charge in [-0.3, -0.25) is 4.55 Å². The van der Waals surface area contributed by atoms with E-state index in [-0.39, 0.29) is 27.8 Å². The lowest BCUT2D eigenvalue weighted by molar-refractivity contribution is -0.142. The van der Waals surface area contributed by atoms with Crippen LogP contribution in [0.25, 0.3) is 0 Å². The van der Waals surface area contributed by atoms with E-state index in [2.05, 4.69) is 9.38 Å². The SMILES string of the molecule is O=C(O)[C@@H]1c2nn(S(=O)(=O)c3ccccc3)cc2[C@@H]2CN1C(=O)N2OS(=O)(=O)O. The van der Waals surface area contributed by atoms with Gasteiger partial charge in [0.05, 0.1) is 11.4 Å². The Morgan fingerprint density at radius 1 is 1.17 bits per heavy atom. The highest BCUT2D eigenvalue weighted by atomic mass is 32.3. The largest absolute Gasteiger partial charge is 0.479 e. The van der Waals surface area contributed by atoms with Gasteiger partial charge in [0.15, 0.2) is 6.04 Å². The number of hydrogen-bond donors (Lipinski definition) is 2. The summed E-state index contributed by atoms with van der Waals surface area (Å²) in [6.07, 6.45) is 0.995. The molecule has 1 aromatic carbocycles. The van der Waals surface area contributed by atoms with Gasteiger partial charge in [0, 0.05) is 11.8 Å². The number of rotatable bonds is 5. The first-order valence-electron chi connectivity index (χ1n) is 7.90. The van der Waals surface area contributed by atoms with Crippen molar-refractivity contribution in [2.45, 2.75) is 17.0 Å². The van der Waals surface area contributed by atoms with E-state index in [1.54, 1.807) is 6.07 Å². The quantitative estimate of drug-likeness (QED) is 0.586. The summed E-state index contributed by atoms with van der Waals surface area (Å²) in [7, 11) is -9.28. The van der Waals surface area contributed by atoms with Gasteiger partial charge in [0.2, 0.25) is 0 Å². The molecule has 154 valence electrons. The predicted molar refractivity (Wildman–Crippen MR) is 90.9 cm³/mol. The van der Waals surface area contributed by atoms with Gasteiger partial charge in [0.1, 0.15) is 11.7 Å². The van der Waals surface area contributed by atoms with Gasteiger partial charge in [0.25, 0.3) is 10.0 Å². The summed E-state index contributed by atoms with van der Waals surface area (Å²) >= 11 is 0. The smallest absolute Gasteiger partial charge is 0.418 e. The van der Waals surface area contributed by atoms with Gasteiger partial charge < -0.3 is 10.0 Å². The number of urea groups is 1. The molecule has 2 atom stereocenters. The number of hydrogen-bond acceptors (Lipinski definition) is 8. The van der Waals surface area contributed by atoms with Crippen molar-refractivity contribution in [1.82, 2.24) is 19.1 Å². The van der Waals surface area contributed by atoms with Crippen LogP contribution in [0.3, 0.4) is 0 Å². The van der Waals surface area contributed by atoms with E-state index in [9.17, 15) is 31.5 Å². The van der Waals surface area contributed by atoms with Crippen molar-refractivity contribution < 1.29 is 40.4 Å². The molecule has 2 amide bonds. The lowest BCUT2D eigenvalue weighted by Gasteiger charge is -2.25. The van der Waals surface area contributed by atoms with Crippen LogP contribution >= 0.6 is 0 Å². The zero-order chi connectivity index (χ0) is 21.1. The topological polar surface area (TPSA) is 176 Å². The molecule has 0 spiro atoms. The third-order valence-electron chi connectivity index (χ3n) is 4.46. The normalized spacial score (nSPS) is 21.3. The lowest BCUT2D eigenvalue weighted by atomic mass is 9.98. The number of benzene rings is 1. The molecule has 13 nitrogen and oxygen atoms in total. The first kappa shape index (κ1) is 19.3. The predicted octanol–water partition coefficient (Wildman–Crippen LogP) is -0.227. The minimum absolute atomic E-state index is 0.0392. The molecule has 29 heavy (non-hydrogen) atoms. The van der Waals surface area contributed by atoms with E-state index in [1.807, 2.05) is 0 Å². The van der Waals surface area contributed by atoms with Crippen LogP contribution in [-0.4, -0.2) is 64.2 Å². The van der Waals surface area contributed by atoms with Crippen molar-refractivity contribution in [3.05, 3.63) is 47.8 Å². The van der Waals surface area contributed by atoms with E-state index in [4.69, 9.17) is 4.55 Å². The van der Waals surface area contributed by atoms with Crippen LogP contribution in [0.4, 0.5) is 4.79 Å². The first-order chi connectivity index (χ1) is 13.5. The lowest BCUT2D eigenvalue weighted by Crippen LogP contribution is -2.38. The van der Waals surface area contributed by atoms with Crippen molar-refractivity contribution in [3.8, 4) is 0 Å². The molecule has 2 aliphatic heterocycles. The maximum atomic E-state index is 12.8. The van der Waals surface area contributed by atoms with Crippen molar-refractivity contribution in [2.75, 3.05) is 6.54 Å². The number of fused-ring (bicyclic) bond motifs is 4. The molecule has 4 rings (SSSR count). The van der Waals surface area contributed by atoms with Crippen molar-refractivity contribution in [1.29, 1.82) is 0 Å². The van der Waals surface area contributed by atoms with Crippen LogP contribution in [0, 0.1) is 0 Å². The number of carboxylic acid groups (broad SMARTS) is 1. The van der Waals surface area contributed by atoms with Gasteiger partial charge in [-0.05, 0) is 12.1 Å². The minimum Gasteiger partial charge on any atom is -0.479 e. The van der Waals surface area contributed by atoms with Gasteiger partial charge in [-0.25, -0.2) is 9.59 Å². The van der Waals surface area contributed by atoms with Crippen molar-refractivity contribution in [3.63, 3.8) is 0 Å². The molecule has 3 heterocycles. The average molecular weight is 444 g/mol. The molecule has 2 aliphatic rings. The molecule has 0 radical (unpaired) electrons. The third-order valence-corrected chi connectivity index (χ3v) is 6.36. The van der Waals surface area contributed by atoms with Crippen LogP contribution in [0.5, 0.6) is 0 Å². The molecular formula is C14H12N4O9S2. The van der Waals surface area contributed by atoms with Gasteiger partial charge in [-0.1, -0.05) is 18.2 Å². The number of hydroxylamine groups is 2. The molecule has 15 heteroatoms. The Bertz CT molecular complexity index is 1220. The number of aliphatic carboxylic acids is 1. The molecule has 1 fully saturated rings. The minimum atomic E-state index is -5.10. The maximum absolute atomic E-state index is 12.8. The Morgan fingerprint density at radius 3 is 2.41 bits per heavy atom. The monoisotopic (exact) mass is 444 g/mol. The number of amides is 2. The molecule has 1 saturated heterocycles. The van der Waals surface area contributed by atoms with Gasteiger partial charge in [-0.15, -0.1) is 4.28 Å². The second kappa shape index (κ2) is 6.24. The summed E-state index contributed by atoms with van der Waals surface area (Å²) in [5, 5.41) is 13.7. The number of carboxylic acids is 1. The molecule has 0 aliphatic carbocycles. The van der Waals surface area contributed by atoms with Crippen LogP contribution in [-0.2, 0) is 29.5 Å². The van der Waals surface area contributed by atoms with Gasteiger partial charge in [-0.2, -0.15) is 31.1 Å². The zero-order valence-electron chi connectivity index (χ0n) is 14.2. The number of aromatic nitrogens is 2. The molecule has 2 N–H and O–H groups in total. The Hall–Kier alpha value is -3.01. The molecule has 0 unspecified atom stereocenters. The summed E-state index contributed by atoms with van der Waals surface area (Å²) in [5.41, 5.74) is -0.300. The standard InChI is InChI=1S/C14H12N4O9S2/c19-13(20)12-11-9(10-7-16(12)14(21)18(10)27-29(24,25)26)6-17(15-11)28(22,23)8-4-2-1-3-5-8/h1-6,10,12H,7H2,(H,19,20)(H,24,25,26)/t10-,12-/m0/s1. The summed E-state index contributed by atoms with van der Waals surface area (Å²) in [5.74, 6) is -1.51. The van der Waals surface area contributed by atoms with Crippen molar-refractivity contribution >= 4 is 32.4 Å². The van der Waals surface area contributed by atoms with E-state index < -0.39 is 44.5 Å². The molecule has 0 saturated carbocycles. The Balaban J connectivity index is 1.86. The first-order valence-corrected chi connectivity index (χ1v) is 10.7. The Morgan fingerprint density at radius 2 is 1.83 bits per heavy atom. The summed E-state index contributed by atoms with van der Waals surface area (Å²) in [4.78, 5) is 24.8. The second-order valence-electron chi connectivity index (χ2n) is 6.18. The van der Waals surface area contributed by atoms with Crippen LogP contribution in [0.2, 0.25) is 0 Å². The molecular weight excluding hydrogens is 432 g/mol. The van der Waals surface area contributed by atoms with Crippen LogP contribution in [0.15, 0.2) is 41.4 Å². The highest BCUT2D eigenvalue weighted by molar-refractivity contribution is 7.89. The number of nitrogens with zero attached hydrogens (tertiary/aromatic N) is 4. The fourth-order valence-corrected chi connectivity index (χ4v) is 4.83. The van der Waals surface area contributed by atoms with Gasteiger partial charge >= 0.3 is 22.4 Å². The zero-order valence-corrected chi connectivity index (χ0v) is 15.8. The Kier molecular flexibility index (Phi) is 4.16. The summed E-state index contributed by atoms with van der Waals surface area (Å²) in [6, 6.07) is 3.22. The fraction of sp³-hybridized carbons (Fsp3) is 0.214. The van der Waals surface area contributed by atoms with Crippen LogP contribution in [0.1, 0.15) is 23.3 Å². The number of carbonyl (C=O) groups excluding carboxylic acids is 1. The number of carbonyl (C=O) groups is 2. The van der Waals surface area contributed by atoms with E-state index in [1.165, 1.54) is 24.3 Å².